The van der Waals surface area contributed by atoms with Gasteiger partial charge in [-0.1, -0.05) is 31.0 Å². The van der Waals surface area contributed by atoms with Crippen molar-refractivity contribution in [3.63, 3.8) is 0 Å². The number of rotatable bonds is 4. The lowest BCUT2D eigenvalue weighted by Gasteiger charge is -2.21. The van der Waals surface area contributed by atoms with Crippen LogP contribution in [0.3, 0.4) is 0 Å². The minimum absolute atomic E-state index is 0.00886. The molecule has 1 heterocycles. The Labute approximate surface area is 119 Å². The molecular formula is C16H21NO3. The van der Waals surface area contributed by atoms with E-state index in [4.69, 9.17) is 4.74 Å². The highest BCUT2D eigenvalue weighted by Crippen LogP contribution is 2.32. The van der Waals surface area contributed by atoms with Gasteiger partial charge in [-0.2, -0.15) is 0 Å². The molecule has 108 valence electrons. The van der Waals surface area contributed by atoms with Gasteiger partial charge in [0.05, 0.1) is 18.6 Å². The van der Waals surface area contributed by atoms with Crippen molar-refractivity contribution in [1.29, 1.82) is 0 Å². The second kappa shape index (κ2) is 5.44. The van der Waals surface area contributed by atoms with Gasteiger partial charge in [-0.05, 0) is 24.5 Å². The zero-order valence-corrected chi connectivity index (χ0v) is 11.6. The zero-order chi connectivity index (χ0) is 14.0. The number of hydrogen-bond donors (Lipinski definition) is 2. The molecule has 20 heavy (non-hydrogen) atoms. The molecule has 1 aromatic carbocycles. The average molecular weight is 275 g/mol. The number of para-hydroxylation sites is 1. The maximum atomic E-state index is 11.9. The topological polar surface area (TPSA) is 58.6 Å². The Morgan fingerprint density at radius 3 is 2.85 bits per heavy atom. The first-order valence-electron chi connectivity index (χ1n) is 7.38. The van der Waals surface area contributed by atoms with Crippen LogP contribution in [0.25, 0.3) is 0 Å². The number of carbonyl (C=O) groups excluding carboxylic acids is 1. The molecule has 0 spiro atoms. The lowest BCUT2D eigenvalue weighted by molar-refractivity contribution is -0.126. The van der Waals surface area contributed by atoms with Gasteiger partial charge in [-0.3, -0.25) is 4.79 Å². The summed E-state index contributed by atoms with van der Waals surface area (Å²) in [4.78, 5) is 11.9. The van der Waals surface area contributed by atoms with Crippen molar-refractivity contribution in [2.45, 2.75) is 50.2 Å². The fourth-order valence-corrected chi connectivity index (χ4v) is 3.17. The minimum atomic E-state index is -0.774. The summed E-state index contributed by atoms with van der Waals surface area (Å²) in [5.74, 6) is 0.843. The molecule has 1 atom stereocenters. The van der Waals surface area contributed by atoms with E-state index in [0.29, 0.717) is 6.54 Å². The number of ether oxygens (including phenoxy) is 1. The summed E-state index contributed by atoms with van der Waals surface area (Å²) < 4.78 is 5.78. The standard InChI is InChI=1S/C16H21NO3/c18-15(10-16(19)7-3-4-8-16)17-11-13-9-12-5-1-2-6-14(12)20-13/h1-2,5-6,13,19H,3-4,7-11H2,(H,17,18). The molecule has 1 unspecified atom stereocenters. The molecular weight excluding hydrogens is 254 g/mol. The lowest BCUT2D eigenvalue weighted by atomic mass is 9.97. The Kier molecular flexibility index (Phi) is 3.66. The molecule has 0 aromatic heterocycles. The number of fused-ring (bicyclic) bond motifs is 1. The Morgan fingerprint density at radius 1 is 1.35 bits per heavy atom. The largest absolute Gasteiger partial charge is 0.488 e. The molecule has 2 aliphatic rings. The highest BCUT2D eigenvalue weighted by atomic mass is 16.5. The van der Waals surface area contributed by atoms with Crippen molar-refractivity contribution in [1.82, 2.24) is 5.32 Å². The van der Waals surface area contributed by atoms with Crippen LogP contribution >= 0.6 is 0 Å². The third-order valence-corrected chi connectivity index (χ3v) is 4.26. The van der Waals surface area contributed by atoms with Crippen LogP contribution in [0.2, 0.25) is 0 Å². The molecule has 0 radical (unpaired) electrons. The molecule has 2 N–H and O–H groups in total. The maximum absolute atomic E-state index is 11.9. The first-order valence-corrected chi connectivity index (χ1v) is 7.38. The summed E-state index contributed by atoms with van der Waals surface area (Å²) in [6.07, 6.45) is 4.58. The van der Waals surface area contributed by atoms with Gasteiger partial charge >= 0.3 is 0 Å². The molecule has 4 nitrogen and oxygen atoms in total. The number of carbonyl (C=O) groups is 1. The summed E-state index contributed by atoms with van der Waals surface area (Å²) >= 11 is 0. The highest BCUT2D eigenvalue weighted by molar-refractivity contribution is 5.77. The van der Waals surface area contributed by atoms with E-state index in [1.165, 1.54) is 5.56 Å². The van der Waals surface area contributed by atoms with Crippen LogP contribution in [0.1, 0.15) is 37.7 Å². The van der Waals surface area contributed by atoms with E-state index in [0.717, 1.165) is 37.9 Å². The third-order valence-electron chi connectivity index (χ3n) is 4.26. The average Bonchev–Trinajstić information content (AvgIpc) is 3.02. The van der Waals surface area contributed by atoms with Gasteiger partial charge in [0.25, 0.3) is 0 Å². The van der Waals surface area contributed by atoms with Crippen LogP contribution in [0, 0.1) is 0 Å². The maximum Gasteiger partial charge on any atom is 0.223 e. The van der Waals surface area contributed by atoms with E-state index < -0.39 is 5.60 Å². The van der Waals surface area contributed by atoms with Gasteiger partial charge in [0, 0.05) is 6.42 Å². The first-order chi connectivity index (χ1) is 9.65. The normalized spacial score (nSPS) is 23.1. The molecule has 1 aliphatic heterocycles. The Balaban J connectivity index is 1.45. The Bertz CT molecular complexity index is 469. The van der Waals surface area contributed by atoms with Crippen molar-refractivity contribution in [2.24, 2.45) is 0 Å². The summed E-state index contributed by atoms with van der Waals surface area (Å²) in [5, 5.41) is 13.1. The van der Waals surface area contributed by atoms with Gasteiger partial charge < -0.3 is 15.2 Å². The van der Waals surface area contributed by atoms with E-state index in [1.54, 1.807) is 0 Å². The van der Waals surface area contributed by atoms with Crippen LogP contribution in [0.5, 0.6) is 5.75 Å². The summed E-state index contributed by atoms with van der Waals surface area (Å²) in [6, 6.07) is 7.96. The van der Waals surface area contributed by atoms with E-state index >= 15 is 0 Å². The van der Waals surface area contributed by atoms with Gasteiger partial charge in [-0.25, -0.2) is 0 Å². The van der Waals surface area contributed by atoms with Gasteiger partial charge in [0.15, 0.2) is 0 Å². The summed E-state index contributed by atoms with van der Waals surface area (Å²) in [6.45, 7) is 0.504. The second-order valence-electron chi connectivity index (χ2n) is 5.96. The quantitative estimate of drug-likeness (QED) is 0.881. The third kappa shape index (κ3) is 2.96. The van der Waals surface area contributed by atoms with Crippen LogP contribution < -0.4 is 10.1 Å². The highest BCUT2D eigenvalue weighted by Gasteiger charge is 2.33. The van der Waals surface area contributed by atoms with Crippen molar-refractivity contribution >= 4 is 5.91 Å². The number of benzene rings is 1. The molecule has 1 aromatic rings. The molecule has 4 heteroatoms. The van der Waals surface area contributed by atoms with E-state index in [-0.39, 0.29) is 18.4 Å². The van der Waals surface area contributed by atoms with E-state index in [9.17, 15) is 9.90 Å². The smallest absolute Gasteiger partial charge is 0.223 e. The van der Waals surface area contributed by atoms with Gasteiger partial charge in [0.2, 0.25) is 5.91 Å². The van der Waals surface area contributed by atoms with Gasteiger partial charge in [-0.15, -0.1) is 0 Å². The first kappa shape index (κ1) is 13.4. The van der Waals surface area contributed by atoms with Crippen LogP contribution in [-0.4, -0.2) is 29.3 Å². The van der Waals surface area contributed by atoms with Crippen molar-refractivity contribution < 1.29 is 14.6 Å². The number of nitrogens with one attached hydrogen (secondary N) is 1. The molecule has 0 saturated heterocycles. The SMILES string of the molecule is O=C(CC1(O)CCCC1)NCC1Cc2ccccc2O1. The fourth-order valence-electron chi connectivity index (χ4n) is 3.17. The van der Waals surface area contributed by atoms with E-state index in [1.807, 2.05) is 18.2 Å². The number of amides is 1. The Hall–Kier alpha value is -1.55. The zero-order valence-electron chi connectivity index (χ0n) is 11.6. The predicted molar refractivity (Wildman–Crippen MR) is 75.6 cm³/mol. The van der Waals surface area contributed by atoms with E-state index in [2.05, 4.69) is 11.4 Å². The Morgan fingerprint density at radius 2 is 2.10 bits per heavy atom. The number of aliphatic hydroxyl groups is 1. The molecule has 1 aliphatic carbocycles. The fraction of sp³-hybridized carbons (Fsp3) is 0.562. The number of hydrogen-bond acceptors (Lipinski definition) is 3. The molecule has 3 rings (SSSR count). The van der Waals surface area contributed by atoms with Crippen LogP contribution in [0.15, 0.2) is 24.3 Å². The van der Waals surface area contributed by atoms with Gasteiger partial charge in [0.1, 0.15) is 11.9 Å². The monoisotopic (exact) mass is 275 g/mol. The lowest BCUT2D eigenvalue weighted by Crippen LogP contribution is -2.39. The summed E-state index contributed by atoms with van der Waals surface area (Å²) in [7, 11) is 0. The van der Waals surface area contributed by atoms with Crippen LogP contribution in [-0.2, 0) is 11.2 Å². The van der Waals surface area contributed by atoms with Crippen molar-refractivity contribution in [3.8, 4) is 5.75 Å². The molecule has 0 bridgehead atoms. The predicted octanol–water partition coefficient (Wildman–Crippen LogP) is 1.80. The summed E-state index contributed by atoms with van der Waals surface area (Å²) in [5.41, 5.74) is 0.421. The minimum Gasteiger partial charge on any atom is -0.488 e. The molecule has 1 saturated carbocycles. The van der Waals surface area contributed by atoms with Crippen molar-refractivity contribution in [2.75, 3.05) is 6.54 Å². The molecule has 1 fully saturated rings. The van der Waals surface area contributed by atoms with Crippen molar-refractivity contribution in [3.05, 3.63) is 29.8 Å². The second-order valence-corrected chi connectivity index (χ2v) is 5.96. The molecule has 1 amide bonds. The van der Waals surface area contributed by atoms with Crippen LogP contribution in [0.4, 0.5) is 0 Å².